The molecular formula is C30H57NO6. The Hall–Kier alpha value is -0.730. The maximum atomic E-state index is 12.4. The summed E-state index contributed by atoms with van der Waals surface area (Å²) in [6, 6.07) is 0.257. The molecular weight excluding hydrogens is 470 g/mol. The van der Waals surface area contributed by atoms with Crippen molar-refractivity contribution in [1.82, 2.24) is 5.32 Å². The van der Waals surface area contributed by atoms with Crippen molar-refractivity contribution in [3.63, 3.8) is 0 Å². The van der Waals surface area contributed by atoms with Gasteiger partial charge in [-0.25, -0.2) is 0 Å². The Morgan fingerprint density at radius 1 is 0.919 bits per heavy atom. The predicted molar refractivity (Wildman–Crippen MR) is 148 cm³/mol. The van der Waals surface area contributed by atoms with Crippen LogP contribution in [0.5, 0.6) is 0 Å². The second-order valence-corrected chi connectivity index (χ2v) is 11.8. The van der Waals surface area contributed by atoms with Crippen LogP contribution in [-0.4, -0.2) is 72.0 Å². The van der Waals surface area contributed by atoms with E-state index in [9.17, 15) is 15.0 Å². The van der Waals surface area contributed by atoms with E-state index in [2.05, 4.69) is 12.2 Å². The Morgan fingerprint density at radius 2 is 1.46 bits per heavy atom. The van der Waals surface area contributed by atoms with Gasteiger partial charge in [-0.2, -0.15) is 0 Å². The number of nitrogens with one attached hydrogen (secondary N) is 1. The monoisotopic (exact) mass is 527 g/mol. The molecule has 0 bridgehead atoms. The van der Waals surface area contributed by atoms with Gasteiger partial charge in [-0.15, -0.1) is 0 Å². The molecule has 1 unspecified atom stereocenters. The van der Waals surface area contributed by atoms with Gasteiger partial charge in [-0.1, -0.05) is 111 Å². The number of aliphatic hydroxyl groups is 2. The van der Waals surface area contributed by atoms with E-state index in [1.165, 1.54) is 83.5 Å². The maximum Gasteiger partial charge on any atom is 0.306 e. The molecule has 2 fully saturated rings. The van der Waals surface area contributed by atoms with Crippen molar-refractivity contribution < 1.29 is 29.2 Å². The lowest BCUT2D eigenvalue weighted by molar-refractivity contribution is -0.154. The Morgan fingerprint density at radius 3 is 2.00 bits per heavy atom. The van der Waals surface area contributed by atoms with Gasteiger partial charge in [0.15, 0.2) is 6.10 Å². The van der Waals surface area contributed by atoms with Crippen LogP contribution in [0.3, 0.4) is 0 Å². The number of carbonyl (C=O) groups is 1. The van der Waals surface area contributed by atoms with E-state index >= 15 is 0 Å². The summed E-state index contributed by atoms with van der Waals surface area (Å²) in [4.78, 5) is 12.4. The minimum atomic E-state index is -1.27. The van der Waals surface area contributed by atoms with Gasteiger partial charge in [0.1, 0.15) is 17.8 Å². The first-order chi connectivity index (χ1) is 17.9. The van der Waals surface area contributed by atoms with E-state index in [4.69, 9.17) is 14.2 Å². The Labute approximate surface area is 226 Å². The molecule has 0 aromatic heterocycles. The number of fused-ring (bicyclic) bond motifs is 1. The first-order valence-corrected chi connectivity index (χ1v) is 15.4. The number of carbonyl (C=O) groups excluding carboxylic acids is 1. The van der Waals surface area contributed by atoms with Gasteiger partial charge in [0.25, 0.3) is 0 Å². The largest absolute Gasteiger partial charge is 0.457 e. The van der Waals surface area contributed by atoms with Crippen molar-refractivity contribution in [3.05, 3.63) is 0 Å². The van der Waals surface area contributed by atoms with Gasteiger partial charge in [-0.05, 0) is 6.42 Å². The van der Waals surface area contributed by atoms with Crippen LogP contribution < -0.4 is 5.32 Å². The summed E-state index contributed by atoms with van der Waals surface area (Å²) in [7, 11) is 0. The molecule has 5 atom stereocenters. The number of rotatable bonds is 22. The first kappa shape index (κ1) is 32.5. The van der Waals surface area contributed by atoms with Crippen molar-refractivity contribution in [3.8, 4) is 0 Å². The number of ether oxygens (including phenoxy) is 3. The number of hydrogen-bond acceptors (Lipinski definition) is 7. The highest BCUT2D eigenvalue weighted by molar-refractivity contribution is 5.69. The Bertz CT molecular complexity index is 603. The van der Waals surface area contributed by atoms with Gasteiger partial charge < -0.3 is 29.7 Å². The summed E-state index contributed by atoms with van der Waals surface area (Å²) in [5.41, 5.74) is -1.27. The fourth-order valence-corrected chi connectivity index (χ4v) is 5.56. The third kappa shape index (κ3) is 12.8. The lowest BCUT2D eigenvalue weighted by Gasteiger charge is -2.29. The molecule has 0 spiro atoms. The molecule has 2 saturated heterocycles. The molecule has 2 rings (SSSR count). The normalized spacial score (nSPS) is 26.1. The summed E-state index contributed by atoms with van der Waals surface area (Å²) < 4.78 is 17.2. The van der Waals surface area contributed by atoms with E-state index in [0.29, 0.717) is 13.0 Å². The van der Waals surface area contributed by atoms with Crippen molar-refractivity contribution >= 4 is 5.97 Å². The Kier molecular flexibility index (Phi) is 16.3. The molecule has 218 valence electrons. The summed E-state index contributed by atoms with van der Waals surface area (Å²) >= 11 is 0. The van der Waals surface area contributed by atoms with Gasteiger partial charge in [0, 0.05) is 25.4 Å². The zero-order chi connectivity index (χ0) is 26.9. The minimum absolute atomic E-state index is 0.0775. The highest BCUT2D eigenvalue weighted by atomic mass is 16.6. The Balaban J connectivity index is 1.47. The lowest BCUT2D eigenvalue weighted by atomic mass is 9.90. The second-order valence-electron chi connectivity index (χ2n) is 11.8. The van der Waals surface area contributed by atoms with Crippen molar-refractivity contribution in [2.24, 2.45) is 0 Å². The topological polar surface area (TPSA) is 97.3 Å². The standard InChI is InChI=1S/C30H57NO6/c1-4-5-6-7-8-9-10-11-12-13-14-15-16-17-18-19-27(33)37-26-22-35-29-28(26)36-23-30(29,34)20-25(32)21-31-24(2)3/h24-26,28-29,31-32,34H,4-23H2,1-3H3/t25?,26-,28-,29+,30+/m1/s1. The molecule has 0 saturated carbocycles. The third-order valence-electron chi connectivity index (χ3n) is 7.78. The minimum Gasteiger partial charge on any atom is -0.457 e. The van der Waals surface area contributed by atoms with Crippen molar-refractivity contribution in [1.29, 1.82) is 0 Å². The number of unbranched alkanes of at least 4 members (excludes halogenated alkanes) is 14. The zero-order valence-corrected chi connectivity index (χ0v) is 24.1. The van der Waals surface area contributed by atoms with Crippen molar-refractivity contribution in [2.75, 3.05) is 19.8 Å². The van der Waals surface area contributed by atoms with Crippen LogP contribution in [0.25, 0.3) is 0 Å². The maximum absolute atomic E-state index is 12.4. The van der Waals surface area contributed by atoms with E-state index in [-0.39, 0.29) is 31.6 Å². The highest BCUT2D eigenvalue weighted by Crippen LogP contribution is 2.38. The van der Waals surface area contributed by atoms with Gasteiger partial charge in [0.05, 0.1) is 19.3 Å². The molecule has 0 amide bonds. The molecule has 37 heavy (non-hydrogen) atoms. The van der Waals surface area contributed by atoms with E-state index in [1.54, 1.807) is 0 Å². The van der Waals surface area contributed by atoms with Crippen LogP contribution in [0.4, 0.5) is 0 Å². The van der Waals surface area contributed by atoms with Gasteiger partial charge >= 0.3 is 5.97 Å². The molecule has 3 N–H and O–H groups in total. The smallest absolute Gasteiger partial charge is 0.306 e. The van der Waals surface area contributed by atoms with E-state index in [0.717, 1.165) is 12.8 Å². The van der Waals surface area contributed by atoms with Gasteiger partial charge in [-0.3, -0.25) is 4.79 Å². The van der Waals surface area contributed by atoms with Gasteiger partial charge in [0.2, 0.25) is 0 Å². The molecule has 2 aliphatic heterocycles. The fourth-order valence-electron chi connectivity index (χ4n) is 5.56. The summed E-state index contributed by atoms with van der Waals surface area (Å²) in [6.07, 6.45) is 17.8. The molecule has 0 aliphatic carbocycles. The molecule has 0 aromatic carbocycles. The lowest BCUT2D eigenvalue weighted by Crippen LogP contribution is -2.48. The zero-order valence-electron chi connectivity index (χ0n) is 24.1. The van der Waals surface area contributed by atoms with Crippen LogP contribution in [0.1, 0.15) is 130 Å². The summed E-state index contributed by atoms with van der Waals surface area (Å²) in [5.74, 6) is -0.218. The average molecular weight is 528 g/mol. The predicted octanol–water partition coefficient (Wildman–Crippen LogP) is 5.44. The van der Waals surface area contributed by atoms with E-state index in [1.807, 2.05) is 13.8 Å². The van der Waals surface area contributed by atoms with Crippen LogP contribution in [0, 0.1) is 0 Å². The van der Waals surface area contributed by atoms with Crippen LogP contribution >= 0.6 is 0 Å². The fraction of sp³-hybridized carbons (Fsp3) is 0.967. The molecule has 2 heterocycles. The number of aliphatic hydroxyl groups excluding tert-OH is 1. The molecule has 0 aromatic rings. The third-order valence-corrected chi connectivity index (χ3v) is 7.78. The average Bonchev–Trinajstić information content (AvgIpc) is 3.41. The van der Waals surface area contributed by atoms with Crippen LogP contribution in [0.2, 0.25) is 0 Å². The number of esters is 1. The molecule has 7 nitrogen and oxygen atoms in total. The SMILES string of the molecule is CCCCCCCCCCCCCCCCCC(=O)O[C@@H]1CO[C@H]2[C@@H]1OC[C@@]2(O)CC(O)CNC(C)C. The first-order valence-electron chi connectivity index (χ1n) is 15.4. The quantitative estimate of drug-likeness (QED) is 0.127. The highest BCUT2D eigenvalue weighted by Gasteiger charge is 2.57. The molecule has 0 radical (unpaired) electrons. The van der Waals surface area contributed by atoms with Crippen molar-refractivity contribution in [2.45, 2.75) is 166 Å². The molecule has 7 heteroatoms. The molecule has 2 aliphatic rings. The summed E-state index contributed by atoms with van der Waals surface area (Å²) in [6.45, 7) is 6.99. The van der Waals surface area contributed by atoms with Crippen LogP contribution in [-0.2, 0) is 19.0 Å². The second kappa shape index (κ2) is 18.5. The number of hydrogen-bond donors (Lipinski definition) is 3. The summed E-state index contributed by atoms with van der Waals surface area (Å²) in [5, 5.41) is 24.5. The van der Waals surface area contributed by atoms with Crippen LogP contribution in [0.15, 0.2) is 0 Å². The van der Waals surface area contributed by atoms with E-state index < -0.39 is 30.0 Å².